The first-order chi connectivity index (χ1) is 17.1. The highest BCUT2D eigenvalue weighted by molar-refractivity contribution is 6.07. The van der Waals surface area contributed by atoms with Crippen LogP contribution in [0.2, 0.25) is 0 Å². The third kappa shape index (κ3) is 4.75. The van der Waals surface area contributed by atoms with Crippen molar-refractivity contribution in [3.63, 3.8) is 0 Å². The SMILES string of the molecule is COc1cccc(Cn2cc(COC(=O)c3c(C)nc4ccccc4c3-c3ccccc3)nn2)c1. The fraction of sp³-hybridized carbons (Fsp3) is 0.143. The van der Waals surface area contributed by atoms with E-state index in [4.69, 9.17) is 9.47 Å². The highest BCUT2D eigenvalue weighted by Gasteiger charge is 2.22. The molecule has 7 heteroatoms. The van der Waals surface area contributed by atoms with Gasteiger partial charge in [-0.25, -0.2) is 9.48 Å². The minimum Gasteiger partial charge on any atom is -0.497 e. The van der Waals surface area contributed by atoms with Crippen molar-refractivity contribution in [2.24, 2.45) is 0 Å². The topological polar surface area (TPSA) is 79.1 Å². The molecule has 0 amide bonds. The summed E-state index contributed by atoms with van der Waals surface area (Å²) in [5, 5.41) is 9.23. The number of hydrogen-bond acceptors (Lipinski definition) is 6. The number of carbonyl (C=O) groups is 1. The second-order valence-electron chi connectivity index (χ2n) is 8.17. The van der Waals surface area contributed by atoms with Crippen LogP contribution in [0, 0.1) is 6.92 Å². The Bertz CT molecular complexity index is 1500. The number of hydrogen-bond donors (Lipinski definition) is 0. The fourth-order valence-electron chi connectivity index (χ4n) is 4.14. The van der Waals surface area contributed by atoms with E-state index < -0.39 is 5.97 Å². The molecule has 0 aliphatic carbocycles. The first-order valence-corrected chi connectivity index (χ1v) is 11.3. The fourth-order valence-corrected chi connectivity index (χ4v) is 4.14. The van der Waals surface area contributed by atoms with E-state index in [1.807, 2.05) is 85.8 Å². The zero-order valence-corrected chi connectivity index (χ0v) is 19.5. The predicted molar refractivity (Wildman–Crippen MR) is 133 cm³/mol. The van der Waals surface area contributed by atoms with E-state index in [0.29, 0.717) is 23.5 Å². The van der Waals surface area contributed by atoms with E-state index >= 15 is 0 Å². The second-order valence-corrected chi connectivity index (χ2v) is 8.17. The molecule has 0 aliphatic heterocycles. The number of methoxy groups -OCH3 is 1. The summed E-state index contributed by atoms with van der Waals surface area (Å²) in [7, 11) is 1.64. The van der Waals surface area contributed by atoms with Crippen molar-refractivity contribution in [2.75, 3.05) is 7.11 Å². The Morgan fingerprint density at radius 3 is 2.60 bits per heavy atom. The van der Waals surface area contributed by atoms with E-state index in [-0.39, 0.29) is 6.61 Å². The Balaban J connectivity index is 1.39. The van der Waals surface area contributed by atoms with Crippen LogP contribution < -0.4 is 4.74 Å². The molecule has 0 unspecified atom stereocenters. The quantitative estimate of drug-likeness (QED) is 0.308. The van der Waals surface area contributed by atoms with Crippen molar-refractivity contribution in [2.45, 2.75) is 20.1 Å². The predicted octanol–water partition coefficient (Wildman–Crippen LogP) is 5.22. The first kappa shape index (κ1) is 22.3. The first-order valence-electron chi connectivity index (χ1n) is 11.3. The molecule has 0 N–H and O–H groups in total. The Hall–Kier alpha value is -4.52. The van der Waals surface area contributed by atoms with Crippen LogP contribution in [-0.4, -0.2) is 33.1 Å². The van der Waals surface area contributed by atoms with Crippen LogP contribution in [0.3, 0.4) is 0 Å². The molecule has 0 atom stereocenters. The van der Waals surface area contributed by atoms with Gasteiger partial charge in [-0.05, 0) is 36.2 Å². The Morgan fingerprint density at radius 1 is 0.971 bits per heavy atom. The Labute approximate surface area is 203 Å². The van der Waals surface area contributed by atoms with Gasteiger partial charge in [0.1, 0.15) is 18.1 Å². The van der Waals surface area contributed by atoms with Gasteiger partial charge in [0, 0.05) is 10.9 Å². The summed E-state index contributed by atoms with van der Waals surface area (Å²) in [6.07, 6.45) is 1.77. The number of ether oxygens (including phenoxy) is 2. The molecule has 2 aromatic heterocycles. The summed E-state index contributed by atoms with van der Waals surface area (Å²) in [5.74, 6) is 0.340. The third-order valence-corrected chi connectivity index (χ3v) is 5.76. The molecule has 5 rings (SSSR count). The number of nitrogens with zero attached hydrogens (tertiary/aromatic N) is 4. The summed E-state index contributed by atoms with van der Waals surface area (Å²) in [5.41, 5.74) is 5.26. The van der Waals surface area contributed by atoms with Gasteiger partial charge in [0.2, 0.25) is 0 Å². The number of esters is 1. The average Bonchev–Trinajstić information content (AvgIpc) is 3.34. The van der Waals surface area contributed by atoms with E-state index in [1.54, 1.807) is 18.0 Å². The van der Waals surface area contributed by atoms with E-state index in [9.17, 15) is 4.79 Å². The van der Waals surface area contributed by atoms with Gasteiger partial charge in [-0.3, -0.25) is 4.98 Å². The Morgan fingerprint density at radius 2 is 1.77 bits per heavy atom. The summed E-state index contributed by atoms with van der Waals surface area (Å²) in [6.45, 7) is 2.38. The average molecular weight is 465 g/mol. The maximum atomic E-state index is 13.3. The minimum absolute atomic E-state index is 0.0113. The standard InChI is InChI=1S/C28H24N4O3/c1-19-26(27(21-10-4-3-5-11-21)24-13-6-7-14-25(24)29-19)28(33)35-18-22-17-32(31-30-22)16-20-9-8-12-23(15-20)34-2/h3-15,17H,16,18H2,1-2H3. The van der Waals surface area contributed by atoms with Gasteiger partial charge in [0.25, 0.3) is 0 Å². The molecule has 7 nitrogen and oxygen atoms in total. The van der Waals surface area contributed by atoms with Crippen LogP contribution in [0.5, 0.6) is 5.75 Å². The highest BCUT2D eigenvalue weighted by atomic mass is 16.5. The third-order valence-electron chi connectivity index (χ3n) is 5.76. The van der Waals surface area contributed by atoms with Crippen molar-refractivity contribution >= 4 is 16.9 Å². The summed E-state index contributed by atoms with van der Waals surface area (Å²) >= 11 is 0. The van der Waals surface area contributed by atoms with Crippen molar-refractivity contribution in [1.29, 1.82) is 0 Å². The van der Waals surface area contributed by atoms with Gasteiger partial charge in [-0.15, -0.1) is 5.10 Å². The van der Waals surface area contributed by atoms with Gasteiger partial charge in [0.15, 0.2) is 0 Å². The number of rotatable bonds is 7. The lowest BCUT2D eigenvalue weighted by atomic mass is 9.94. The van der Waals surface area contributed by atoms with Crippen LogP contribution in [-0.2, 0) is 17.9 Å². The Kier molecular flexibility index (Phi) is 6.22. The van der Waals surface area contributed by atoms with Crippen LogP contribution in [0.1, 0.15) is 27.3 Å². The van der Waals surface area contributed by atoms with Crippen molar-refractivity contribution < 1.29 is 14.3 Å². The van der Waals surface area contributed by atoms with Gasteiger partial charge in [-0.2, -0.15) is 0 Å². The summed E-state index contributed by atoms with van der Waals surface area (Å²) in [6, 6.07) is 25.4. The zero-order valence-electron chi connectivity index (χ0n) is 19.5. The molecular weight excluding hydrogens is 440 g/mol. The van der Waals surface area contributed by atoms with Gasteiger partial charge in [0.05, 0.1) is 36.6 Å². The molecule has 0 bridgehead atoms. The molecule has 0 aliphatic rings. The maximum Gasteiger partial charge on any atom is 0.341 e. The lowest BCUT2D eigenvalue weighted by molar-refractivity contribution is 0.0467. The zero-order chi connectivity index (χ0) is 24.2. The van der Waals surface area contributed by atoms with E-state index in [1.165, 1.54) is 0 Å². The lowest BCUT2D eigenvalue weighted by Crippen LogP contribution is -2.11. The number of aromatic nitrogens is 4. The van der Waals surface area contributed by atoms with Crippen molar-refractivity contribution in [3.8, 4) is 16.9 Å². The number of para-hydroxylation sites is 1. The van der Waals surface area contributed by atoms with E-state index in [0.717, 1.165) is 33.3 Å². The summed E-state index contributed by atoms with van der Waals surface area (Å²) < 4.78 is 12.7. The molecule has 5 aromatic rings. The number of pyridine rings is 1. The van der Waals surface area contributed by atoms with E-state index in [2.05, 4.69) is 15.3 Å². The van der Waals surface area contributed by atoms with Gasteiger partial charge in [-0.1, -0.05) is 65.9 Å². The molecule has 3 aromatic carbocycles. The van der Waals surface area contributed by atoms with Crippen LogP contribution >= 0.6 is 0 Å². The molecule has 2 heterocycles. The van der Waals surface area contributed by atoms with Crippen LogP contribution in [0.25, 0.3) is 22.0 Å². The highest BCUT2D eigenvalue weighted by Crippen LogP contribution is 2.33. The number of fused-ring (bicyclic) bond motifs is 1. The minimum atomic E-state index is -0.443. The summed E-state index contributed by atoms with van der Waals surface area (Å²) in [4.78, 5) is 18.0. The van der Waals surface area contributed by atoms with Crippen LogP contribution in [0.15, 0.2) is 85.1 Å². The smallest absolute Gasteiger partial charge is 0.341 e. The number of carbonyl (C=O) groups excluding carboxylic acids is 1. The van der Waals surface area contributed by atoms with Crippen molar-refractivity contribution in [3.05, 3.63) is 108 Å². The normalized spacial score (nSPS) is 10.9. The molecular formula is C28H24N4O3. The van der Waals surface area contributed by atoms with Gasteiger partial charge >= 0.3 is 5.97 Å². The molecule has 35 heavy (non-hydrogen) atoms. The molecule has 0 saturated heterocycles. The molecule has 0 radical (unpaired) electrons. The lowest BCUT2D eigenvalue weighted by Gasteiger charge is -2.15. The monoisotopic (exact) mass is 464 g/mol. The van der Waals surface area contributed by atoms with Crippen LogP contribution in [0.4, 0.5) is 0 Å². The molecule has 174 valence electrons. The maximum absolute atomic E-state index is 13.3. The molecule has 0 spiro atoms. The van der Waals surface area contributed by atoms with Crippen molar-refractivity contribution in [1.82, 2.24) is 20.0 Å². The largest absolute Gasteiger partial charge is 0.497 e. The number of benzene rings is 3. The van der Waals surface area contributed by atoms with Gasteiger partial charge < -0.3 is 9.47 Å². The number of aryl methyl sites for hydroxylation is 1. The molecule has 0 fully saturated rings. The molecule has 0 saturated carbocycles. The second kappa shape index (κ2) is 9.77.